The highest BCUT2D eigenvalue weighted by Gasteiger charge is 1.99. The molecule has 0 radical (unpaired) electrons. The van der Waals surface area contributed by atoms with E-state index in [0.717, 1.165) is 6.08 Å². The Morgan fingerprint density at radius 1 is 1.70 bits per heavy atom. The molecule has 10 heavy (non-hydrogen) atoms. The standard InChI is InChI=1S/C8H12O2/c1-4-6-7(3)10-8(9)5-2/h4-7H,2H2,1,3H3/b6-4+. The van der Waals surface area contributed by atoms with Crippen molar-refractivity contribution < 1.29 is 9.53 Å². The minimum atomic E-state index is -0.384. The first-order valence-corrected chi connectivity index (χ1v) is 3.16. The van der Waals surface area contributed by atoms with Crippen molar-refractivity contribution in [2.45, 2.75) is 20.0 Å². The molecule has 0 N–H and O–H groups in total. The van der Waals surface area contributed by atoms with Crippen molar-refractivity contribution in [1.82, 2.24) is 0 Å². The molecule has 0 aromatic rings. The Bertz CT molecular complexity index is 147. The van der Waals surface area contributed by atoms with Gasteiger partial charge in [0.1, 0.15) is 6.10 Å². The zero-order chi connectivity index (χ0) is 7.98. The quantitative estimate of drug-likeness (QED) is 0.338. The number of hydrogen-bond acceptors (Lipinski definition) is 2. The fourth-order valence-corrected chi connectivity index (χ4v) is 0.542. The predicted molar refractivity (Wildman–Crippen MR) is 40.6 cm³/mol. The van der Waals surface area contributed by atoms with Crippen LogP contribution in [0.15, 0.2) is 24.8 Å². The minimum absolute atomic E-state index is 0.157. The molecule has 2 nitrogen and oxygen atoms in total. The van der Waals surface area contributed by atoms with Crippen molar-refractivity contribution in [3.8, 4) is 0 Å². The number of ether oxygens (including phenoxy) is 1. The summed E-state index contributed by atoms with van der Waals surface area (Å²) in [5, 5.41) is 0. The van der Waals surface area contributed by atoms with Crippen molar-refractivity contribution in [2.75, 3.05) is 0 Å². The summed E-state index contributed by atoms with van der Waals surface area (Å²) in [6.07, 6.45) is 4.62. The molecule has 2 heteroatoms. The monoisotopic (exact) mass is 140 g/mol. The topological polar surface area (TPSA) is 26.3 Å². The average molecular weight is 140 g/mol. The lowest BCUT2D eigenvalue weighted by molar-refractivity contribution is -0.140. The Morgan fingerprint density at radius 3 is 2.70 bits per heavy atom. The first kappa shape index (κ1) is 8.95. The maximum Gasteiger partial charge on any atom is 0.330 e. The van der Waals surface area contributed by atoms with E-state index in [-0.39, 0.29) is 12.1 Å². The van der Waals surface area contributed by atoms with Crippen LogP contribution in [-0.4, -0.2) is 12.1 Å². The summed E-state index contributed by atoms with van der Waals surface area (Å²) in [4.78, 5) is 10.5. The Hall–Kier alpha value is -1.05. The summed E-state index contributed by atoms with van der Waals surface area (Å²) in [5.41, 5.74) is 0. The van der Waals surface area contributed by atoms with Gasteiger partial charge in [-0.2, -0.15) is 0 Å². The summed E-state index contributed by atoms with van der Waals surface area (Å²) in [6.45, 7) is 6.94. The fraction of sp³-hybridized carbons (Fsp3) is 0.375. The molecule has 0 aliphatic heterocycles. The highest BCUT2D eigenvalue weighted by atomic mass is 16.5. The van der Waals surface area contributed by atoms with E-state index < -0.39 is 0 Å². The number of esters is 1. The molecule has 0 rings (SSSR count). The number of carbonyl (C=O) groups excluding carboxylic acids is 1. The predicted octanol–water partition coefficient (Wildman–Crippen LogP) is 1.68. The van der Waals surface area contributed by atoms with Crippen LogP contribution in [0.3, 0.4) is 0 Å². The van der Waals surface area contributed by atoms with Gasteiger partial charge in [0.25, 0.3) is 0 Å². The first-order valence-electron chi connectivity index (χ1n) is 3.16. The Labute approximate surface area is 61.2 Å². The van der Waals surface area contributed by atoms with Gasteiger partial charge in [0.2, 0.25) is 0 Å². The van der Waals surface area contributed by atoms with Crippen LogP contribution in [0.4, 0.5) is 0 Å². The zero-order valence-electron chi connectivity index (χ0n) is 6.33. The molecule has 0 spiro atoms. The number of carbonyl (C=O) groups is 1. The van der Waals surface area contributed by atoms with Gasteiger partial charge in [-0.3, -0.25) is 0 Å². The minimum Gasteiger partial charge on any atom is -0.455 e. The lowest BCUT2D eigenvalue weighted by Gasteiger charge is -2.04. The van der Waals surface area contributed by atoms with E-state index in [2.05, 4.69) is 6.58 Å². The van der Waals surface area contributed by atoms with Gasteiger partial charge in [0.15, 0.2) is 0 Å². The van der Waals surface area contributed by atoms with E-state index >= 15 is 0 Å². The van der Waals surface area contributed by atoms with Gasteiger partial charge in [0, 0.05) is 6.08 Å². The number of rotatable bonds is 3. The molecular formula is C8H12O2. The van der Waals surface area contributed by atoms with E-state index in [1.54, 1.807) is 13.0 Å². The summed E-state index contributed by atoms with van der Waals surface area (Å²) < 4.78 is 4.80. The van der Waals surface area contributed by atoms with Gasteiger partial charge >= 0.3 is 5.97 Å². The van der Waals surface area contributed by atoms with Gasteiger partial charge in [-0.1, -0.05) is 12.7 Å². The van der Waals surface area contributed by atoms with Gasteiger partial charge in [-0.15, -0.1) is 0 Å². The average Bonchev–Trinajstić information content (AvgIpc) is 1.88. The third-order valence-corrected chi connectivity index (χ3v) is 0.932. The van der Waals surface area contributed by atoms with E-state index in [0.29, 0.717) is 0 Å². The molecule has 1 unspecified atom stereocenters. The van der Waals surface area contributed by atoms with Gasteiger partial charge < -0.3 is 4.74 Å². The zero-order valence-corrected chi connectivity index (χ0v) is 6.33. The third-order valence-electron chi connectivity index (χ3n) is 0.932. The van der Waals surface area contributed by atoms with Crippen LogP contribution in [0.5, 0.6) is 0 Å². The maximum atomic E-state index is 10.5. The molecule has 0 fully saturated rings. The highest BCUT2D eigenvalue weighted by molar-refractivity contribution is 5.81. The van der Waals surface area contributed by atoms with Crippen molar-refractivity contribution in [1.29, 1.82) is 0 Å². The second-order valence-electron chi connectivity index (χ2n) is 1.87. The molecule has 0 saturated heterocycles. The van der Waals surface area contributed by atoms with Gasteiger partial charge in [0.05, 0.1) is 0 Å². The number of allylic oxidation sites excluding steroid dienone is 1. The van der Waals surface area contributed by atoms with Crippen molar-refractivity contribution in [2.24, 2.45) is 0 Å². The van der Waals surface area contributed by atoms with E-state index in [1.165, 1.54) is 0 Å². The Balaban J connectivity index is 3.67. The van der Waals surface area contributed by atoms with Gasteiger partial charge in [-0.25, -0.2) is 4.79 Å². The van der Waals surface area contributed by atoms with Crippen molar-refractivity contribution in [3.05, 3.63) is 24.8 Å². The molecule has 1 atom stereocenters. The van der Waals surface area contributed by atoms with E-state index in [4.69, 9.17) is 4.74 Å². The molecule has 0 aliphatic rings. The second kappa shape index (κ2) is 4.79. The third kappa shape index (κ3) is 3.89. The first-order chi connectivity index (χ1) is 4.70. The van der Waals surface area contributed by atoms with Crippen molar-refractivity contribution >= 4 is 5.97 Å². The Kier molecular flexibility index (Phi) is 4.29. The second-order valence-corrected chi connectivity index (χ2v) is 1.87. The maximum absolute atomic E-state index is 10.5. The number of hydrogen-bond donors (Lipinski definition) is 0. The van der Waals surface area contributed by atoms with Crippen molar-refractivity contribution in [3.63, 3.8) is 0 Å². The van der Waals surface area contributed by atoms with Crippen LogP contribution in [0.25, 0.3) is 0 Å². The van der Waals surface area contributed by atoms with Crippen LogP contribution in [0.2, 0.25) is 0 Å². The summed E-state index contributed by atoms with van der Waals surface area (Å²) in [6, 6.07) is 0. The summed E-state index contributed by atoms with van der Waals surface area (Å²) >= 11 is 0. The molecule has 0 aromatic carbocycles. The molecule has 0 amide bonds. The SMILES string of the molecule is C=CC(=O)OC(C)/C=C/C. The molecule has 0 heterocycles. The highest BCUT2D eigenvalue weighted by Crippen LogP contribution is 1.93. The smallest absolute Gasteiger partial charge is 0.330 e. The van der Waals surface area contributed by atoms with Gasteiger partial charge in [-0.05, 0) is 19.9 Å². The lowest BCUT2D eigenvalue weighted by Crippen LogP contribution is -2.09. The molecule has 0 aliphatic carbocycles. The van der Waals surface area contributed by atoms with Crippen LogP contribution in [-0.2, 0) is 9.53 Å². The molecule has 0 aromatic heterocycles. The molecule has 56 valence electrons. The van der Waals surface area contributed by atoms with Crippen LogP contribution in [0, 0.1) is 0 Å². The lowest BCUT2D eigenvalue weighted by atomic mass is 10.3. The van der Waals surface area contributed by atoms with E-state index in [9.17, 15) is 4.79 Å². The normalized spacial score (nSPS) is 13.0. The largest absolute Gasteiger partial charge is 0.455 e. The van der Waals surface area contributed by atoms with E-state index in [1.807, 2.05) is 13.0 Å². The van der Waals surface area contributed by atoms with Crippen LogP contribution < -0.4 is 0 Å². The summed E-state index contributed by atoms with van der Waals surface area (Å²) in [5.74, 6) is -0.384. The van der Waals surface area contributed by atoms with Crippen LogP contribution in [0.1, 0.15) is 13.8 Å². The van der Waals surface area contributed by atoms with Crippen LogP contribution >= 0.6 is 0 Å². The Morgan fingerprint density at radius 2 is 2.30 bits per heavy atom. The fourth-order valence-electron chi connectivity index (χ4n) is 0.542. The molecule has 0 bridgehead atoms. The summed E-state index contributed by atoms with van der Waals surface area (Å²) in [7, 11) is 0. The molecular weight excluding hydrogens is 128 g/mol. The molecule has 0 saturated carbocycles.